The van der Waals surface area contributed by atoms with E-state index in [0.29, 0.717) is 32.0 Å². The van der Waals surface area contributed by atoms with E-state index in [9.17, 15) is 18.0 Å². The highest BCUT2D eigenvalue weighted by Crippen LogP contribution is 2.48. The third-order valence-corrected chi connectivity index (χ3v) is 4.97. The number of piperazine rings is 1. The summed E-state index contributed by atoms with van der Waals surface area (Å²) < 4.78 is 42.3. The summed E-state index contributed by atoms with van der Waals surface area (Å²) in [6.07, 6.45) is 0.993. The van der Waals surface area contributed by atoms with Gasteiger partial charge in [0, 0.05) is 58.5 Å². The van der Waals surface area contributed by atoms with E-state index in [1.165, 1.54) is 0 Å². The number of alkyl halides is 3. The molecule has 2 unspecified atom stereocenters. The van der Waals surface area contributed by atoms with Gasteiger partial charge in [0.25, 0.3) is 0 Å². The molecular formula is C17H25F3N4O2. The second kappa shape index (κ2) is 7.96. The summed E-state index contributed by atoms with van der Waals surface area (Å²) in [7, 11) is 1.87. The number of ether oxygens (including phenoxy) is 1. The lowest BCUT2D eigenvalue weighted by Crippen LogP contribution is -2.49. The maximum atomic E-state index is 12.6. The highest BCUT2D eigenvalue weighted by molar-refractivity contribution is 5.83. The zero-order valence-corrected chi connectivity index (χ0v) is 14.9. The summed E-state index contributed by atoms with van der Waals surface area (Å²) in [4.78, 5) is 16.7. The van der Waals surface area contributed by atoms with Gasteiger partial charge in [-0.05, 0) is 24.3 Å². The van der Waals surface area contributed by atoms with Crippen molar-refractivity contribution in [1.82, 2.24) is 19.6 Å². The largest absolute Gasteiger partial charge is 0.411 e. The molecule has 0 bridgehead atoms. The van der Waals surface area contributed by atoms with Gasteiger partial charge in [-0.25, -0.2) is 0 Å². The predicted octanol–water partition coefficient (Wildman–Crippen LogP) is 1.64. The zero-order valence-electron chi connectivity index (χ0n) is 14.9. The van der Waals surface area contributed by atoms with Crippen molar-refractivity contribution < 1.29 is 22.7 Å². The topological polar surface area (TPSA) is 50.6 Å². The summed E-state index contributed by atoms with van der Waals surface area (Å²) in [5.41, 5.74) is 1.13. The smallest absolute Gasteiger partial charge is 0.372 e. The molecule has 1 aliphatic carbocycles. The fraction of sp³-hybridized carbons (Fsp3) is 0.765. The van der Waals surface area contributed by atoms with Gasteiger partial charge in [-0.15, -0.1) is 0 Å². The summed E-state index contributed by atoms with van der Waals surface area (Å²) in [6.45, 7) is 2.49. The lowest BCUT2D eigenvalue weighted by molar-refractivity contribution is -0.174. The molecule has 1 aliphatic heterocycles. The van der Waals surface area contributed by atoms with E-state index in [4.69, 9.17) is 0 Å². The number of rotatable bonds is 7. The number of halogens is 3. The molecule has 2 fully saturated rings. The van der Waals surface area contributed by atoms with Gasteiger partial charge in [-0.3, -0.25) is 14.4 Å². The number of hydrogen-bond acceptors (Lipinski definition) is 4. The van der Waals surface area contributed by atoms with Crippen LogP contribution in [0.15, 0.2) is 12.4 Å². The van der Waals surface area contributed by atoms with Crippen molar-refractivity contribution >= 4 is 5.91 Å². The first kappa shape index (κ1) is 19.2. The van der Waals surface area contributed by atoms with Crippen LogP contribution in [-0.2, 0) is 16.6 Å². The second-order valence-electron chi connectivity index (χ2n) is 7.08. The Morgan fingerprint density at radius 3 is 2.65 bits per heavy atom. The average molecular weight is 374 g/mol. The Morgan fingerprint density at radius 1 is 1.31 bits per heavy atom. The van der Waals surface area contributed by atoms with Crippen LogP contribution in [0.5, 0.6) is 0 Å². The molecule has 1 aromatic rings. The Labute approximate surface area is 150 Å². The van der Waals surface area contributed by atoms with E-state index in [1.54, 1.807) is 4.68 Å². The third kappa shape index (κ3) is 5.20. The summed E-state index contributed by atoms with van der Waals surface area (Å²) in [5, 5.41) is 4.16. The fourth-order valence-electron chi connectivity index (χ4n) is 3.47. The minimum absolute atomic E-state index is 0.0709. The quantitative estimate of drug-likeness (QED) is 0.681. The number of aromatic nitrogens is 2. The van der Waals surface area contributed by atoms with Gasteiger partial charge >= 0.3 is 6.18 Å². The molecule has 0 aromatic carbocycles. The Balaban J connectivity index is 1.32. The maximum Gasteiger partial charge on any atom is 0.411 e. The SMILES string of the molecule is Cn1cc(C2CC2C(=O)N2CCN(CCCOCC(F)(F)F)CC2)cn1. The average Bonchev–Trinajstić information content (AvgIpc) is 3.27. The van der Waals surface area contributed by atoms with Crippen LogP contribution in [0, 0.1) is 5.92 Å². The van der Waals surface area contributed by atoms with E-state index in [-0.39, 0.29) is 18.4 Å². The molecule has 2 heterocycles. The first-order chi connectivity index (χ1) is 12.3. The molecule has 146 valence electrons. The van der Waals surface area contributed by atoms with Crippen LogP contribution in [0.25, 0.3) is 0 Å². The monoisotopic (exact) mass is 374 g/mol. The van der Waals surface area contributed by atoms with Gasteiger partial charge in [0.05, 0.1) is 6.20 Å². The van der Waals surface area contributed by atoms with Crippen molar-refractivity contribution in [3.8, 4) is 0 Å². The van der Waals surface area contributed by atoms with Gasteiger partial charge in [0.15, 0.2) is 0 Å². The van der Waals surface area contributed by atoms with Crippen molar-refractivity contribution in [2.24, 2.45) is 13.0 Å². The number of amides is 1. The molecule has 0 N–H and O–H groups in total. The molecule has 1 amide bonds. The minimum Gasteiger partial charge on any atom is -0.372 e. The highest BCUT2D eigenvalue weighted by atomic mass is 19.4. The van der Waals surface area contributed by atoms with Gasteiger partial charge in [0.2, 0.25) is 5.91 Å². The first-order valence-electron chi connectivity index (χ1n) is 8.97. The van der Waals surface area contributed by atoms with E-state index < -0.39 is 12.8 Å². The molecule has 0 radical (unpaired) electrons. The van der Waals surface area contributed by atoms with Crippen LogP contribution < -0.4 is 0 Å². The van der Waals surface area contributed by atoms with Crippen LogP contribution in [0.3, 0.4) is 0 Å². The normalized spacial score (nSPS) is 24.1. The lowest BCUT2D eigenvalue weighted by atomic mass is 10.1. The molecule has 0 spiro atoms. The highest BCUT2D eigenvalue weighted by Gasteiger charge is 2.46. The van der Waals surface area contributed by atoms with Crippen LogP contribution in [0.4, 0.5) is 13.2 Å². The van der Waals surface area contributed by atoms with Gasteiger partial charge < -0.3 is 9.64 Å². The van der Waals surface area contributed by atoms with Crippen molar-refractivity contribution in [2.45, 2.75) is 24.9 Å². The molecular weight excluding hydrogens is 349 g/mol. The Bertz CT molecular complexity index is 611. The standard InChI is InChI=1S/C17H25F3N4O2/c1-22-11-13(10-21-22)14-9-15(14)16(25)24-6-4-23(5-7-24)3-2-8-26-12-17(18,19)20/h10-11,14-15H,2-9,12H2,1H3. The van der Waals surface area contributed by atoms with Crippen LogP contribution in [0.2, 0.25) is 0 Å². The van der Waals surface area contributed by atoms with Crippen LogP contribution >= 0.6 is 0 Å². The molecule has 2 atom stereocenters. The summed E-state index contributed by atoms with van der Waals surface area (Å²) >= 11 is 0. The maximum absolute atomic E-state index is 12.6. The Hall–Kier alpha value is -1.61. The second-order valence-corrected chi connectivity index (χ2v) is 7.08. The first-order valence-corrected chi connectivity index (χ1v) is 8.97. The molecule has 2 aliphatic rings. The molecule has 1 aromatic heterocycles. The Morgan fingerprint density at radius 2 is 2.04 bits per heavy atom. The van der Waals surface area contributed by atoms with E-state index in [1.807, 2.05) is 24.3 Å². The summed E-state index contributed by atoms with van der Waals surface area (Å²) in [5.74, 6) is 0.577. The molecule has 6 nitrogen and oxygen atoms in total. The number of carbonyl (C=O) groups is 1. The molecule has 1 saturated carbocycles. The van der Waals surface area contributed by atoms with Crippen molar-refractivity contribution in [1.29, 1.82) is 0 Å². The van der Waals surface area contributed by atoms with Gasteiger partial charge in [0.1, 0.15) is 6.61 Å². The number of nitrogens with zero attached hydrogens (tertiary/aromatic N) is 4. The Kier molecular flexibility index (Phi) is 5.86. The lowest BCUT2D eigenvalue weighted by Gasteiger charge is -2.35. The van der Waals surface area contributed by atoms with Crippen molar-refractivity contribution in [3.63, 3.8) is 0 Å². The van der Waals surface area contributed by atoms with Gasteiger partial charge in [-0.1, -0.05) is 0 Å². The molecule has 3 rings (SSSR count). The predicted molar refractivity (Wildman–Crippen MR) is 88.6 cm³/mol. The number of aryl methyl sites for hydroxylation is 1. The molecule has 26 heavy (non-hydrogen) atoms. The van der Waals surface area contributed by atoms with E-state index >= 15 is 0 Å². The van der Waals surface area contributed by atoms with Gasteiger partial charge in [-0.2, -0.15) is 18.3 Å². The van der Waals surface area contributed by atoms with Crippen LogP contribution in [-0.4, -0.2) is 77.6 Å². The van der Waals surface area contributed by atoms with Crippen molar-refractivity contribution in [3.05, 3.63) is 18.0 Å². The third-order valence-electron chi connectivity index (χ3n) is 4.97. The van der Waals surface area contributed by atoms with E-state index in [2.05, 4.69) is 14.7 Å². The minimum atomic E-state index is -4.26. The summed E-state index contributed by atoms with van der Waals surface area (Å²) in [6, 6.07) is 0. The number of carbonyl (C=O) groups excluding carboxylic acids is 1. The molecule has 9 heteroatoms. The van der Waals surface area contributed by atoms with E-state index in [0.717, 1.165) is 25.1 Å². The fourth-order valence-corrected chi connectivity index (χ4v) is 3.47. The number of hydrogen-bond donors (Lipinski definition) is 0. The zero-order chi connectivity index (χ0) is 18.7. The van der Waals surface area contributed by atoms with Crippen molar-refractivity contribution in [2.75, 3.05) is 45.9 Å². The van der Waals surface area contributed by atoms with Crippen LogP contribution in [0.1, 0.15) is 24.3 Å². The molecule has 1 saturated heterocycles.